The highest BCUT2D eigenvalue weighted by atomic mass is 79.9. The number of aromatic nitrogens is 1. The van der Waals surface area contributed by atoms with Crippen molar-refractivity contribution in [2.75, 3.05) is 0 Å². The molecule has 130 valence electrons. The summed E-state index contributed by atoms with van der Waals surface area (Å²) < 4.78 is 1.37. The highest BCUT2D eigenvalue weighted by molar-refractivity contribution is 9.25. The number of nitro benzene ring substituents is 1. The number of nitrogens with one attached hydrogen (secondary N) is 1. The fourth-order valence-electron chi connectivity index (χ4n) is 2.42. The third kappa shape index (κ3) is 3.38. The fourth-order valence-corrected chi connectivity index (χ4v) is 3.90. The molecule has 25 heavy (non-hydrogen) atoms. The van der Waals surface area contributed by atoms with Crippen LogP contribution in [0.3, 0.4) is 0 Å². The maximum atomic E-state index is 12.2. The van der Waals surface area contributed by atoms with Crippen LogP contribution in [-0.4, -0.2) is 24.8 Å². The van der Waals surface area contributed by atoms with E-state index in [-0.39, 0.29) is 14.8 Å². The van der Waals surface area contributed by atoms with E-state index in [9.17, 15) is 14.9 Å². The minimum atomic E-state index is -0.549. The first-order valence-corrected chi connectivity index (χ1v) is 8.97. The van der Waals surface area contributed by atoms with Crippen molar-refractivity contribution >= 4 is 49.7 Å². The van der Waals surface area contributed by atoms with Gasteiger partial charge in [-0.15, -0.1) is 0 Å². The van der Waals surface area contributed by atoms with E-state index in [4.69, 9.17) is 0 Å². The number of non-ortho nitro benzene ring substituents is 1. The van der Waals surface area contributed by atoms with Crippen molar-refractivity contribution in [1.82, 2.24) is 9.99 Å². The number of benzene rings is 1. The Hall–Kier alpha value is -2.00. The van der Waals surface area contributed by atoms with Gasteiger partial charge in [0.05, 0.1) is 31.2 Å². The van der Waals surface area contributed by atoms with Crippen LogP contribution in [-0.2, 0) is 4.79 Å². The van der Waals surface area contributed by atoms with Crippen molar-refractivity contribution in [1.29, 1.82) is 0 Å². The second-order valence-electron chi connectivity index (χ2n) is 5.99. The number of hydrazone groups is 1. The monoisotopic (exact) mass is 468 g/mol. The number of hydrogen-bond donors (Lipinski definition) is 1. The number of hydrogen-bond acceptors (Lipinski definition) is 4. The molecule has 1 N–H and O–H groups in total. The summed E-state index contributed by atoms with van der Waals surface area (Å²) in [4.78, 5) is 22.7. The zero-order valence-corrected chi connectivity index (χ0v) is 16.3. The van der Waals surface area contributed by atoms with Crippen LogP contribution < -0.4 is 5.43 Å². The largest absolute Gasteiger partial charge is 0.315 e. The van der Waals surface area contributed by atoms with E-state index in [0.29, 0.717) is 17.8 Å². The van der Waals surface area contributed by atoms with Gasteiger partial charge in [0.25, 0.3) is 5.69 Å². The van der Waals surface area contributed by atoms with E-state index < -0.39 is 10.3 Å². The predicted molar refractivity (Wildman–Crippen MR) is 101 cm³/mol. The van der Waals surface area contributed by atoms with Crippen LogP contribution in [0.1, 0.15) is 19.0 Å². The highest BCUT2D eigenvalue weighted by Gasteiger charge is 2.66. The van der Waals surface area contributed by atoms with Gasteiger partial charge in [0, 0.05) is 18.3 Å². The van der Waals surface area contributed by atoms with Gasteiger partial charge in [-0.2, -0.15) is 5.10 Å². The van der Waals surface area contributed by atoms with Crippen molar-refractivity contribution in [3.8, 4) is 5.69 Å². The van der Waals surface area contributed by atoms with Crippen LogP contribution in [0.15, 0.2) is 47.7 Å². The molecule has 1 fully saturated rings. The number of alkyl halides is 2. The lowest BCUT2D eigenvalue weighted by Gasteiger charge is -2.10. The smallest absolute Gasteiger partial charge is 0.271 e. The molecule has 1 aromatic heterocycles. The maximum Gasteiger partial charge on any atom is 0.271 e. The molecule has 1 atom stereocenters. The van der Waals surface area contributed by atoms with E-state index in [0.717, 1.165) is 0 Å². The summed E-state index contributed by atoms with van der Waals surface area (Å²) in [7, 11) is 0. The molecular formula is C16H14Br2N4O3. The molecule has 1 aromatic carbocycles. The summed E-state index contributed by atoms with van der Waals surface area (Å²) in [6, 6.07) is 9.89. The number of nitrogens with zero attached hydrogens (tertiary/aromatic N) is 3. The average Bonchev–Trinajstić information content (AvgIpc) is 2.90. The van der Waals surface area contributed by atoms with Crippen molar-refractivity contribution in [2.45, 2.75) is 16.6 Å². The summed E-state index contributed by atoms with van der Waals surface area (Å²) >= 11 is 6.89. The molecule has 1 aliphatic carbocycles. The van der Waals surface area contributed by atoms with E-state index in [1.807, 2.05) is 6.92 Å². The minimum absolute atomic E-state index is 0.00929. The third-order valence-electron chi connectivity index (χ3n) is 4.22. The lowest BCUT2D eigenvalue weighted by Crippen LogP contribution is -2.29. The molecule has 1 amide bonds. The van der Waals surface area contributed by atoms with Gasteiger partial charge in [0.2, 0.25) is 5.91 Å². The minimum Gasteiger partial charge on any atom is -0.315 e. The van der Waals surface area contributed by atoms with Crippen LogP contribution in [0.4, 0.5) is 5.69 Å². The summed E-state index contributed by atoms with van der Waals surface area (Å²) in [6.07, 6.45) is 3.95. The molecule has 0 aliphatic heterocycles. The van der Waals surface area contributed by atoms with Crippen molar-refractivity contribution in [2.24, 2.45) is 10.5 Å². The predicted octanol–water partition coefficient (Wildman–Crippen LogP) is 3.73. The van der Waals surface area contributed by atoms with Gasteiger partial charge in [-0.1, -0.05) is 37.9 Å². The van der Waals surface area contributed by atoms with E-state index in [1.165, 1.54) is 18.3 Å². The molecule has 9 heteroatoms. The Kier molecular flexibility index (Phi) is 4.54. The van der Waals surface area contributed by atoms with Crippen LogP contribution >= 0.6 is 31.9 Å². The van der Waals surface area contributed by atoms with Gasteiger partial charge in [0.15, 0.2) is 0 Å². The van der Waals surface area contributed by atoms with Crippen LogP contribution in [0, 0.1) is 15.5 Å². The molecule has 3 rings (SSSR count). The lowest BCUT2D eigenvalue weighted by atomic mass is 10.1. The second kappa shape index (κ2) is 6.38. The number of nitro groups is 1. The maximum absolute atomic E-state index is 12.2. The molecule has 1 heterocycles. The fraction of sp³-hybridized carbons (Fsp3) is 0.250. The summed E-state index contributed by atoms with van der Waals surface area (Å²) in [5.74, 6) is -0.189. The van der Waals surface area contributed by atoms with Crippen molar-refractivity contribution < 1.29 is 9.72 Å². The van der Waals surface area contributed by atoms with Crippen molar-refractivity contribution in [3.63, 3.8) is 0 Å². The topological polar surface area (TPSA) is 89.5 Å². The van der Waals surface area contributed by atoms with Gasteiger partial charge >= 0.3 is 0 Å². The lowest BCUT2D eigenvalue weighted by molar-refractivity contribution is -0.384. The summed E-state index contributed by atoms with van der Waals surface area (Å²) in [5, 5.41) is 14.9. The van der Waals surface area contributed by atoms with E-state index in [2.05, 4.69) is 42.4 Å². The molecule has 1 aliphatic rings. The highest BCUT2D eigenvalue weighted by Crippen LogP contribution is 2.66. The Morgan fingerprint density at radius 2 is 2.12 bits per heavy atom. The quantitative estimate of drug-likeness (QED) is 0.313. The van der Waals surface area contributed by atoms with Gasteiger partial charge in [-0.25, -0.2) is 5.43 Å². The number of carbonyl (C=O) groups is 1. The summed E-state index contributed by atoms with van der Waals surface area (Å²) in [5.41, 5.74) is 3.32. The van der Waals surface area contributed by atoms with Crippen molar-refractivity contribution in [3.05, 3.63) is 58.4 Å². The van der Waals surface area contributed by atoms with Gasteiger partial charge < -0.3 is 4.57 Å². The number of halogens is 2. The molecule has 0 radical (unpaired) electrons. The normalized spacial score (nSPS) is 21.2. The van der Waals surface area contributed by atoms with Gasteiger partial charge in [0.1, 0.15) is 0 Å². The third-order valence-corrected chi connectivity index (χ3v) is 6.53. The van der Waals surface area contributed by atoms with Crippen LogP contribution in [0.2, 0.25) is 0 Å². The first kappa shape index (κ1) is 17.8. The average molecular weight is 470 g/mol. The molecular weight excluding hydrogens is 456 g/mol. The van der Waals surface area contributed by atoms with E-state index >= 15 is 0 Å². The zero-order chi connectivity index (χ0) is 18.2. The Balaban J connectivity index is 1.75. The number of rotatable bonds is 5. The van der Waals surface area contributed by atoms with Crippen LogP contribution in [0.5, 0.6) is 0 Å². The molecule has 0 unspecified atom stereocenters. The second-order valence-corrected chi connectivity index (χ2v) is 9.76. The molecule has 2 aromatic rings. The number of carbonyl (C=O) groups excluding carboxylic acids is 1. The molecule has 1 saturated carbocycles. The van der Waals surface area contributed by atoms with Gasteiger partial charge in [-0.3, -0.25) is 14.9 Å². The van der Waals surface area contributed by atoms with Crippen LogP contribution in [0.25, 0.3) is 5.69 Å². The first-order chi connectivity index (χ1) is 11.7. The Bertz CT molecular complexity index is 878. The first-order valence-electron chi connectivity index (χ1n) is 7.38. The molecule has 0 spiro atoms. The standard InChI is InChI=1S/C16H14Br2N4O3/c1-15(10-16(15,17)18)14(23)20-19-9-13-6-3-7-21(13)11-4-2-5-12(8-11)22(24)25/h2-9H,10H2,1H3,(H,20,23)/t15-/m1/s1. The van der Waals surface area contributed by atoms with E-state index in [1.54, 1.807) is 35.0 Å². The Labute approximate surface area is 160 Å². The number of amides is 1. The molecule has 7 nitrogen and oxygen atoms in total. The Morgan fingerprint density at radius 3 is 2.76 bits per heavy atom. The zero-order valence-electron chi connectivity index (χ0n) is 13.1. The SMILES string of the molecule is C[C@]1(C(=O)NN=Cc2cccn2-c2cccc([N+](=O)[O-])c2)CC1(Br)Br. The molecule has 0 bridgehead atoms. The molecule has 0 saturated heterocycles. The summed E-state index contributed by atoms with van der Waals surface area (Å²) in [6.45, 7) is 1.84. The van der Waals surface area contributed by atoms with Gasteiger partial charge in [-0.05, 0) is 31.5 Å². The Morgan fingerprint density at radius 1 is 1.40 bits per heavy atom.